The largest absolute Gasteiger partial charge is 0.337 e. The topological polar surface area (TPSA) is 49.0 Å². The third-order valence-electron chi connectivity index (χ3n) is 3.38. The van der Waals surface area contributed by atoms with Crippen LogP contribution in [0.3, 0.4) is 0 Å². The van der Waals surface area contributed by atoms with Gasteiger partial charge in [-0.25, -0.2) is 0 Å². The molecular weight excluding hydrogens is 238 g/mol. The molecule has 1 aromatic carbocycles. The number of benzene rings is 1. The summed E-state index contributed by atoms with van der Waals surface area (Å²) in [5, 5.41) is 6.54. The van der Waals surface area contributed by atoms with Crippen LogP contribution in [0.5, 0.6) is 0 Å². The Hall–Kier alpha value is -2.10. The van der Waals surface area contributed by atoms with Gasteiger partial charge >= 0.3 is 0 Å². The molecule has 2 rings (SSSR count). The molecule has 19 heavy (non-hydrogen) atoms. The molecule has 0 spiro atoms. The van der Waals surface area contributed by atoms with Crippen molar-refractivity contribution < 1.29 is 4.79 Å². The van der Waals surface area contributed by atoms with Gasteiger partial charge in [0.1, 0.15) is 5.69 Å². The highest BCUT2D eigenvalue weighted by atomic mass is 16.2. The van der Waals surface area contributed by atoms with Crippen LogP contribution >= 0.6 is 0 Å². The number of likely N-dealkylation sites (N-methyl/N-ethyl adjacent to an activating group) is 1. The number of hydrogen-bond donors (Lipinski definition) is 1. The fourth-order valence-corrected chi connectivity index (χ4v) is 2.17. The Kier molecular flexibility index (Phi) is 4.34. The molecule has 2 aromatic rings. The number of carbonyl (C=O) groups excluding carboxylic acids is 1. The highest BCUT2D eigenvalue weighted by Gasteiger charge is 2.20. The van der Waals surface area contributed by atoms with Crippen LogP contribution in [0.4, 0.5) is 0 Å². The summed E-state index contributed by atoms with van der Waals surface area (Å²) in [6.07, 6.45) is 3.39. The van der Waals surface area contributed by atoms with Gasteiger partial charge in [0.15, 0.2) is 0 Å². The number of hydrogen-bond acceptors (Lipinski definition) is 2. The number of aromatic nitrogens is 2. The quantitative estimate of drug-likeness (QED) is 0.894. The zero-order chi connectivity index (χ0) is 13.7. The monoisotopic (exact) mass is 257 g/mol. The molecule has 4 nitrogen and oxygen atoms in total. The van der Waals surface area contributed by atoms with Crippen LogP contribution in [0, 0.1) is 0 Å². The van der Waals surface area contributed by atoms with Crippen LogP contribution in [-0.4, -0.2) is 34.1 Å². The Balaban J connectivity index is 2.07. The number of rotatable bonds is 5. The molecule has 0 bridgehead atoms. The molecule has 0 saturated carbocycles. The van der Waals surface area contributed by atoms with E-state index < -0.39 is 0 Å². The third kappa shape index (κ3) is 3.22. The Bertz CT molecular complexity index is 507. The minimum Gasteiger partial charge on any atom is -0.337 e. The molecule has 0 aliphatic heterocycles. The van der Waals surface area contributed by atoms with Crippen LogP contribution in [-0.2, 0) is 6.42 Å². The van der Waals surface area contributed by atoms with Gasteiger partial charge in [-0.2, -0.15) is 5.10 Å². The van der Waals surface area contributed by atoms with Crippen molar-refractivity contribution in [2.75, 3.05) is 7.05 Å². The lowest BCUT2D eigenvalue weighted by molar-refractivity contribution is 0.0721. The van der Waals surface area contributed by atoms with E-state index in [1.807, 2.05) is 25.2 Å². The maximum absolute atomic E-state index is 12.3. The van der Waals surface area contributed by atoms with Gasteiger partial charge in [-0.15, -0.1) is 0 Å². The minimum atomic E-state index is -0.0136. The molecule has 4 heteroatoms. The second-order valence-electron chi connectivity index (χ2n) is 4.64. The minimum absolute atomic E-state index is 0.0136. The molecule has 0 radical (unpaired) electrons. The normalized spacial score (nSPS) is 12.1. The average Bonchev–Trinajstić information content (AvgIpc) is 2.98. The van der Waals surface area contributed by atoms with E-state index in [1.54, 1.807) is 17.2 Å². The summed E-state index contributed by atoms with van der Waals surface area (Å²) >= 11 is 0. The molecule has 0 unspecified atom stereocenters. The van der Waals surface area contributed by atoms with Crippen LogP contribution < -0.4 is 0 Å². The first-order chi connectivity index (χ1) is 9.22. The second kappa shape index (κ2) is 6.18. The number of aromatic amines is 1. The standard InChI is InChI=1S/C15H19N3O/c1-3-13(11-12-7-5-4-6-8-12)18(2)15(19)14-9-10-16-17-14/h4-10,13H,3,11H2,1-2H3,(H,16,17)/t13-/m0/s1. The summed E-state index contributed by atoms with van der Waals surface area (Å²) in [7, 11) is 1.85. The van der Waals surface area contributed by atoms with Crippen molar-refractivity contribution in [1.29, 1.82) is 0 Å². The van der Waals surface area contributed by atoms with Crippen molar-refractivity contribution in [3.05, 3.63) is 53.9 Å². The fraction of sp³-hybridized carbons (Fsp3) is 0.333. The summed E-state index contributed by atoms with van der Waals surface area (Å²) in [6, 6.07) is 12.1. The number of amides is 1. The van der Waals surface area contributed by atoms with Crippen molar-refractivity contribution in [3.63, 3.8) is 0 Å². The van der Waals surface area contributed by atoms with E-state index in [1.165, 1.54) is 5.56 Å². The smallest absolute Gasteiger partial charge is 0.271 e. The maximum Gasteiger partial charge on any atom is 0.271 e. The highest BCUT2D eigenvalue weighted by molar-refractivity contribution is 5.92. The van der Waals surface area contributed by atoms with Gasteiger partial charge in [-0.05, 0) is 24.5 Å². The number of H-pyrrole nitrogens is 1. The van der Waals surface area contributed by atoms with Crippen molar-refractivity contribution in [2.24, 2.45) is 0 Å². The molecular formula is C15H19N3O. The zero-order valence-electron chi connectivity index (χ0n) is 11.3. The Morgan fingerprint density at radius 2 is 2.05 bits per heavy atom. The SMILES string of the molecule is CC[C@@H](Cc1ccccc1)N(C)C(=O)c1ccn[nH]1. The second-order valence-corrected chi connectivity index (χ2v) is 4.64. The maximum atomic E-state index is 12.3. The number of nitrogens with one attached hydrogen (secondary N) is 1. The van der Waals surface area contributed by atoms with E-state index >= 15 is 0 Å². The molecule has 0 aliphatic rings. The Morgan fingerprint density at radius 3 is 2.63 bits per heavy atom. The van der Waals surface area contributed by atoms with Crippen molar-refractivity contribution in [1.82, 2.24) is 15.1 Å². The van der Waals surface area contributed by atoms with Crippen LogP contribution in [0.25, 0.3) is 0 Å². The van der Waals surface area contributed by atoms with Crippen LogP contribution in [0.2, 0.25) is 0 Å². The highest BCUT2D eigenvalue weighted by Crippen LogP contribution is 2.13. The fourth-order valence-electron chi connectivity index (χ4n) is 2.17. The van der Waals surface area contributed by atoms with Crippen LogP contribution in [0.1, 0.15) is 29.4 Å². The molecule has 1 heterocycles. The lowest BCUT2D eigenvalue weighted by Gasteiger charge is -2.27. The molecule has 100 valence electrons. The van der Waals surface area contributed by atoms with Crippen molar-refractivity contribution in [2.45, 2.75) is 25.8 Å². The number of nitrogens with zero attached hydrogens (tertiary/aromatic N) is 2. The van der Waals surface area contributed by atoms with Crippen LogP contribution in [0.15, 0.2) is 42.6 Å². The molecule has 0 fully saturated rings. The van der Waals surface area contributed by atoms with Gasteiger partial charge in [0, 0.05) is 19.3 Å². The first-order valence-electron chi connectivity index (χ1n) is 6.52. The van der Waals surface area contributed by atoms with E-state index in [0.29, 0.717) is 5.69 Å². The summed E-state index contributed by atoms with van der Waals surface area (Å²) in [5.41, 5.74) is 1.78. The molecule has 1 amide bonds. The molecule has 1 N–H and O–H groups in total. The van der Waals surface area contributed by atoms with Gasteiger partial charge in [0.25, 0.3) is 5.91 Å². The first kappa shape index (κ1) is 13.3. The first-order valence-corrected chi connectivity index (χ1v) is 6.52. The van der Waals surface area contributed by atoms with Gasteiger partial charge in [-0.3, -0.25) is 9.89 Å². The van der Waals surface area contributed by atoms with Crippen molar-refractivity contribution in [3.8, 4) is 0 Å². The molecule has 0 aliphatic carbocycles. The van der Waals surface area contributed by atoms with Crippen molar-refractivity contribution >= 4 is 5.91 Å². The summed E-state index contributed by atoms with van der Waals surface area (Å²) in [6.45, 7) is 2.10. The van der Waals surface area contributed by atoms with E-state index in [2.05, 4.69) is 29.3 Å². The van der Waals surface area contributed by atoms with Gasteiger partial charge in [-0.1, -0.05) is 37.3 Å². The van der Waals surface area contributed by atoms with Gasteiger partial charge < -0.3 is 4.90 Å². The van der Waals surface area contributed by atoms with Gasteiger partial charge in [0.05, 0.1) is 0 Å². The zero-order valence-corrected chi connectivity index (χ0v) is 11.3. The van der Waals surface area contributed by atoms with E-state index in [-0.39, 0.29) is 11.9 Å². The third-order valence-corrected chi connectivity index (χ3v) is 3.38. The predicted octanol–water partition coefficient (Wildman–Crippen LogP) is 2.50. The Morgan fingerprint density at radius 1 is 1.32 bits per heavy atom. The average molecular weight is 257 g/mol. The lowest BCUT2D eigenvalue weighted by atomic mass is 10.0. The van der Waals surface area contributed by atoms with E-state index in [0.717, 1.165) is 12.8 Å². The molecule has 0 saturated heterocycles. The van der Waals surface area contributed by atoms with Gasteiger partial charge in [0.2, 0.25) is 0 Å². The number of carbonyl (C=O) groups is 1. The summed E-state index contributed by atoms with van der Waals surface area (Å²) in [4.78, 5) is 14.0. The van der Waals surface area contributed by atoms with E-state index in [9.17, 15) is 4.79 Å². The van der Waals surface area contributed by atoms with E-state index in [4.69, 9.17) is 0 Å². The lowest BCUT2D eigenvalue weighted by Crippen LogP contribution is -2.38. The molecule has 1 aromatic heterocycles. The summed E-state index contributed by atoms with van der Waals surface area (Å²) in [5.74, 6) is -0.0136. The Labute approximate surface area is 113 Å². The molecule has 1 atom stereocenters. The predicted molar refractivity (Wildman–Crippen MR) is 74.9 cm³/mol. The summed E-state index contributed by atoms with van der Waals surface area (Å²) < 4.78 is 0.